The van der Waals surface area contributed by atoms with Gasteiger partial charge in [0.05, 0.1) is 31.6 Å². The van der Waals surface area contributed by atoms with E-state index in [2.05, 4.69) is 22.0 Å². The summed E-state index contributed by atoms with van der Waals surface area (Å²) in [6.07, 6.45) is 1.83. The highest BCUT2D eigenvalue weighted by molar-refractivity contribution is 5.71. The molecule has 1 fully saturated rings. The third kappa shape index (κ3) is 8.71. The molecule has 0 amide bonds. The van der Waals surface area contributed by atoms with Gasteiger partial charge < -0.3 is 23.8 Å². The van der Waals surface area contributed by atoms with Crippen LogP contribution in [-0.4, -0.2) is 37.4 Å². The number of rotatable bonds is 14. The number of hydrogen-bond acceptors (Lipinski definition) is 6. The standard InChI is InChI=1S/C39H39FN2O4/c40-36-26-33(16-18-37(36)42-22-20-34(21-23-42)44-25-24-43-27-30-10-4-1-5-11-30)35-17-19-38(45-28-31-12-6-2-7-13-31)41-39(35)46-29-32-14-8-3-9-15-32/h1-19,26,34H,20-25,27-29H2. The molecule has 1 aliphatic rings. The summed E-state index contributed by atoms with van der Waals surface area (Å²) in [5.41, 5.74) is 5.20. The third-order valence-corrected chi connectivity index (χ3v) is 8.02. The summed E-state index contributed by atoms with van der Waals surface area (Å²) < 4.78 is 39.6. The van der Waals surface area contributed by atoms with E-state index >= 15 is 4.39 Å². The molecule has 6 rings (SSSR count). The van der Waals surface area contributed by atoms with E-state index in [1.54, 1.807) is 12.1 Å². The van der Waals surface area contributed by atoms with Crippen LogP contribution in [0.25, 0.3) is 11.1 Å². The van der Waals surface area contributed by atoms with Crippen LogP contribution in [0.2, 0.25) is 0 Å². The fraction of sp³-hybridized carbons (Fsp3) is 0.256. The second-order valence-corrected chi connectivity index (χ2v) is 11.3. The molecule has 7 heteroatoms. The van der Waals surface area contributed by atoms with Crippen molar-refractivity contribution in [3.05, 3.63) is 144 Å². The summed E-state index contributed by atoms with van der Waals surface area (Å²) in [7, 11) is 0. The lowest BCUT2D eigenvalue weighted by Gasteiger charge is -2.33. The number of hydrogen-bond donors (Lipinski definition) is 0. The summed E-state index contributed by atoms with van der Waals surface area (Å²) in [6.45, 7) is 3.87. The number of nitrogens with zero attached hydrogens (tertiary/aromatic N) is 2. The van der Waals surface area contributed by atoms with Crippen molar-refractivity contribution in [2.45, 2.75) is 38.8 Å². The van der Waals surface area contributed by atoms with Crippen LogP contribution in [0.4, 0.5) is 10.1 Å². The van der Waals surface area contributed by atoms with Crippen molar-refractivity contribution in [1.82, 2.24) is 4.98 Å². The van der Waals surface area contributed by atoms with Crippen LogP contribution in [-0.2, 0) is 29.3 Å². The molecule has 0 saturated carbocycles. The highest BCUT2D eigenvalue weighted by atomic mass is 19.1. The number of aromatic nitrogens is 1. The van der Waals surface area contributed by atoms with Gasteiger partial charge in [0.1, 0.15) is 19.0 Å². The minimum Gasteiger partial charge on any atom is -0.473 e. The zero-order valence-corrected chi connectivity index (χ0v) is 25.9. The maximum atomic E-state index is 15.6. The van der Waals surface area contributed by atoms with Crippen molar-refractivity contribution in [3.8, 4) is 22.9 Å². The van der Waals surface area contributed by atoms with E-state index < -0.39 is 0 Å². The molecule has 1 aliphatic heterocycles. The zero-order valence-electron chi connectivity index (χ0n) is 25.9. The minimum absolute atomic E-state index is 0.150. The van der Waals surface area contributed by atoms with Crippen molar-refractivity contribution in [3.63, 3.8) is 0 Å². The predicted octanol–water partition coefficient (Wildman–Crippen LogP) is 8.25. The first-order valence-electron chi connectivity index (χ1n) is 15.8. The van der Waals surface area contributed by atoms with Gasteiger partial charge in [-0.05, 0) is 53.3 Å². The normalized spacial score (nSPS) is 13.5. The summed E-state index contributed by atoms with van der Waals surface area (Å²) >= 11 is 0. The van der Waals surface area contributed by atoms with Gasteiger partial charge in [-0.1, -0.05) is 97.1 Å². The Hall–Kier alpha value is -4.72. The molecular formula is C39H39FN2O4. The smallest absolute Gasteiger partial charge is 0.225 e. The number of piperidine rings is 1. The molecule has 1 aromatic heterocycles. The molecule has 46 heavy (non-hydrogen) atoms. The Kier molecular flexibility index (Phi) is 10.9. The van der Waals surface area contributed by atoms with Gasteiger partial charge in [0, 0.05) is 24.7 Å². The van der Waals surface area contributed by atoms with Crippen molar-refractivity contribution < 1.29 is 23.3 Å². The second-order valence-electron chi connectivity index (χ2n) is 11.3. The maximum Gasteiger partial charge on any atom is 0.225 e. The Labute approximate surface area is 270 Å². The monoisotopic (exact) mass is 618 g/mol. The Morgan fingerprint density at radius 1 is 0.652 bits per heavy atom. The van der Waals surface area contributed by atoms with Crippen LogP contribution in [0, 0.1) is 5.82 Å². The van der Waals surface area contributed by atoms with E-state index in [-0.39, 0.29) is 11.9 Å². The molecule has 0 radical (unpaired) electrons. The van der Waals surface area contributed by atoms with Gasteiger partial charge >= 0.3 is 0 Å². The quantitative estimate of drug-likeness (QED) is 0.117. The molecule has 1 saturated heterocycles. The van der Waals surface area contributed by atoms with Crippen LogP contribution < -0.4 is 14.4 Å². The van der Waals surface area contributed by atoms with E-state index in [1.165, 1.54) is 0 Å². The molecule has 0 atom stereocenters. The lowest BCUT2D eigenvalue weighted by atomic mass is 10.0. The molecule has 0 bridgehead atoms. The van der Waals surface area contributed by atoms with Crippen LogP contribution in [0.15, 0.2) is 121 Å². The van der Waals surface area contributed by atoms with Crippen molar-refractivity contribution in [2.75, 3.05) is 31.2 Å². The summed E-state index contributed by atoms with van der Waals surface area (Å²) in [4.78, 5) is 6.77. The first kappa shape index (κ1) is 31.3. The van der Waals surface area contributed by atoms with Gasteiger partial charge in [-0.3, -0.25) is 0 Å². The molecule has 236 valence electrons. The molecule has 2 heterocycles. The highest BCUT2D eigenvalue weighted by Gasteiger charge is 2.22. The van der Waals surface area contributed by atoms with Gasteiger partial charge in [-0.25, -0.2) is 4.39 Å². The molecule has 0 spiro atoms. The molecule has 4 aromatic carbocycles. The largest absolute Gasteiger partial charge is 0.473 e. The number of pyridine rings is 1. The van der Waals surface area contributed by atoms with Crippen molar-refractivity contribution in [2.24, 2.45) is 0 Å². The van der Waals surface area contributed by atoms with E-state index in [4.69, 9.17) is 18.9 Å². The Balaban J connectivity index is 1.07. The van der Waals surface area contributed by atoms with Gasteiger partial charge in [0.15, 0.2) is 0 Å². The van der Waals surface area contributed by atoms with Gasteiger partial charge in [-0.2, -0.15) is 4.98 Å². The Morgan fingerprint density at radius 3 is 1.89 bits per heavy atom. The first-order chi connectivity index (χ1) is 22.7. The van der Waals surface area contributed by atoms with Crippen LogP contribution in [0.1, 0.15) is 29.5 Å². The zero-order chi connectivity index (χ0) is 31.4. The highest BCUT2D eigenvalue weighted by Crippen LogP contribution is 2.34. The van der Waals surface area contributed by atoms with Crippen LogP contribution in [0.3, 0.4) is 0 Å². The van der Waals surface area contributed by atoms with Gasteiger partial charge in [0.25, 0.3) is 0 Å². The SMILES string of the molecule is Fc1cc(-c2ccc(OCc3ccccc3)nc2OCc2ccccc2)ccc1N1CCC(OCCOCc2ccccc2)CC1. The second kappa shape index (κ2) is 16.0. The van der Waals surface area contributed by atoms with E-state index in [9.17, 15) is 0 Å². The summed E-state index contributed by atoms with van der Waals surface area (Å²) in [5.74, 6) is 0.567. The number of ether oxygens (including phenoxy) is 4. The fourth-order valence-electron chi connectivity index (χ4n) is 5.52. The van der Waals surface area contributed by atoms with E-state index in [0.717, 1.165) is 42.6 Å². The lowest BCUT2D eigenvalue weighted by molar-refractivity contribution is -0.00862. The number of anilines is 1. The summed E-state index contributed by atoms with van der Waals surface area (Å²) in [6, 6.07) is 39.0. The maximum absolute atomic E-state index is 15.6. The number of benzene rings is 4. The molecule has 0 N–H and O–H groups in total. The van der Waals surface area contributed by atoms with Crippen molar-refractivity contribution >= 4 is 5.69 Å². The Bertz CT molecular complexity index is 1650. The fourth-order valence-corrected chi connectivity index (χ4v) is 5.52. The van der Waals surface area contributed by atoms with E-state index in [0.29, 0.717) is 61.6 Å². The number of halogens is 1. The molecule has 5 aromatic rings. The topological polar surface area (TPSA) is 53.1 Å². The van der Waals surface area contributed by atoms with Crippen LogP contribution >= 0.6 is 0 Å². The minimum atomic E-state index is -0.274. The average molecular weight is 619 g/mol. The first-order valence-corrected chi connectivity index (χ1v) is 15.8. The average Bonchev–Trinajstić information content (AvgIpc) is 3.11. The Morgan fingerprint density at radius 2 is 1.26 bits per heavy atom. The predicted molar refractivity (Wildman–Crippen MR) is 178 cm³/mol. The van der Waals surface area contributed by atoms with Crippen LogP contribution in [0.5, 0.6) is 11.8 Å². The molecule has 0 unspecified atom stereocenters. The van der Waals surface area contributed by atoms with Gasteiger partial charge in [0.2, 0.25) is 11.8 Å². The van der Waals surface area contributed by atoms with Gasteiger partial charge in [-0.15, -0.1) is 0 Å². The molecule has 6 nitrogen and oxygen atoms in total. The molecular weight excluding hydrogens is 579 g/mol. The summed E-state index contributed by atoms with van der Waals surface area (Å²) in [5, 5.41) is 0. The third-order valence-electron chi connectivity index (χ3n) is 8.02. The van der Waals surface area contributed by atoms with Crippen molar-refractivity contribution in [1.29, 1.82) is 0 Å². The molecule has 0 aliphatic carbocycles. The lowest BCUT2D eigenvalue weighted by Crippen LogP contribution is -2.37. The van der Waals surface area contributed by atoms with E-state index in [1.807, 2.05) is 97.1 Å².